The topological polar surface area (TPSA) is 106 Å². The summed E-state index contributed by atoms with van der Waals surface area (Å²) in [6, 6.07) is 3.28. The van der Waals surface area contributed by atoms with Crippen LogP contribution in [0.15, 0.2) is 22.9 Å². The lowest BCUT2D eigenvalue weighted by atomic mass is 10.3. The highest BCUT2D eigenvalue weighted by Crippen LogP contribution is 2.09. The van der Waals surface area contributed by atoms with Crippen LogP contribution in [0.1, 0.15) is 29.2 Å². The number of nitrogens with zero attached hydrogens (tertiary/aromatic N) is 5. The van der Waals surface area contributed by atoms with Crippen molar-refractivity contribution >= 4 is 11.8 Å². The number of tetrazole rings is 1. The molecule has 0 aromatic carbocycles. The molecule has 0 radical (unpaired) electrons. The van der Waals surface area contributed by atoms with Gasteiger partial charge in [0.1, 0.15) is 12.1 Å². The minimum absolute atomic E-state index is 0.0926. The normalized spacial score (nSPS) is 10.5. The Labute approximate surface area is 127 Å². The van der Waals surface area contributed by atoms with Crippen molar-refractivity contribution in [3.63, 3.8) is 0 Å². The average molecular weight is 306 g/mol. The lowest BCUT2D eigenvalue weighted by Crippen LogP contribution is -2.23. The number of carbonyl (C=O) groups is 2. The van der Waals surface area contributed by atoms with E-state index >= 15 is 0 Å². The zero-order valence-electron chi connectivity index (χ0n) is 12.5. The quantitative estimate of drug-likeness (QED) is 0.775. The fourth-order valence-electron chi connectivity index (χ4n) is 1.77. The first-order chi connectivity index (χ1) is 10.6. The van der Waals surface area contributed by atoms with Crippen molar-refractivity contribution in [3.8, 4) is 0 Å². The first-order valence-electron chi connectivity index (χ1n) is 6.84. The van der Waals surface area contributed by atoms with Gasteiger partial charge in [0, 0.05) is 27.1 Å². The summed E-state index contributed by atoms with van der Waals surface area (Å²) in [5, 5.41) is 13.5. The van der Waals surface area contributed by atoms with Crippen LogP contribution in [0.25, 0.3) is 0 Å². The zero-order chi connectivity index (χ0) is 15.9. The predicted octanol–water partition coefficient (Wildman–Crippen LogP) is 0.0645. The summed E-state index contributed by atoms with van der Waals surface area (Å²) in [6.45, 7) is 0.840. The molecular formula is C13H18N6O3. The van der Waals surface area contributed by atoms with Gasteiger partial charge in [0.05, 0.1) is 6.54 Å². The molecule has 2 aromatic rings. The summed E-state index contributed by atoms with van der Waals surface area (Å²) in [5.41, 5.74) is 0. The van der Waals surface area contributed by atoms with E-state index in [1.807, 2.05) is 0 Å². The molecule has 0 saturated heterocycles. The van der Waals surface area contributed by atoms with Gasteiger partial charge in [0.15, 0.2) is 5.76 Å². The Morgan fingerprint density at radius 2 is 2.18 bits per heavy atom. The highest BCUT2D eigenvalue weighted by atomic mass is 16.4. The van der Waals surface area contributed by atoms with Crippen LogP contribution in [-0.4, -0.2) is 51.0 Å². The lowest BCUT2D eigenvalue weighted by molar-refractivity contribution is -0.121. The van der Waals surface area contributed by atoms with Gasteiger partial charge in [-0.15, -0.1) is 5.10 Å². The molecule has 2 aromatic heterocycles. The van der Waals surface area contributed by atoms with Gasteiger partial charge < -0.3 is 14.6 Å². The van der Waals surface area contributed by atoms with Crippen molar-refractivity contribution in [2.24, 2.45) is 0 Å². The minimum Gasteiger partial charge on any atom is -0.454 e. The van der Waals surface area contributed by atoms with Crippen LogP contribution < -0.4 is 5.32 Å². The summed E-state index contributed by atoms with van der Waals surface area (Å²) in [7, 11) is 3.30. The number of aromatic nitrogens is 4. The maximum atomic E-state index is 11.7. The Morgan fingerprint density at radius 1 is 1.36 bits per heavy atom. The third kappa shape index (κ3) is 4.40. The van der Waals surface area contributed by atoms with Crippen molar-refractivity contribution in [1.29, 1.82) is 0 Å². The third-order valence-corrected chi connectivity index (χ3v) is 2.92. The Balaban J connectivity index is 1.71. The van der Waals surface area contributed by atoms with Gasteiger partial charge in [-0.2, -0.15) is 0 Å². The van der Waals surface area contributed by atoms with Crippen LogP contribution in [0, 0.1) is 0 Å². The highest BCUT2D eigenvalue weighted by molar-refractivity contribution is 5.91. The molecule has 0 aliphatic carbocycles. The fourth-order valence-corrected chi connectivity index (χ4v) is 1.77. The molecule has 0 fully saturated rings. The maximum Gasteiger partial charge on any atom is 0.289 e. The van der Waals surface area contributed by atoms with Crippen molar-refractivity contribution < 1.29 is 14.0 Å². The van der Waals surface area contributed by atoms with Gasteiger partial charge in [0.2, 0.25) is 5.91 Å². The van der Waals surface area contributed by atoms with Gasteiger partial charge >= 0.3 is 0 Å². The van der Waals surface area contributed by atoms with E-state index in [-0.39, 0.29) is 24.1 Å². The number of rotatable bonds is 7. The molecule has 22 heavy (non-hydrogen) atoms. The van der Waals surface area contributed by atoms with Gasteiger partial charge in [-0.1, -0.05) is 0 Å². The summed E-state index contributed by atoms with van der Waals surface area (Å²) in [6.07, 6.45) is 2.51. The molecule has 9 heteroatoms. The van der Waals surface area contributed by atoms with Crippen LogP contribution in [-0.2, 0) is 17.9 Å². The number of amides is 2. The molecular weight excluding hydrogens is 288 g/mol. The van der Waals surface area contributed by atoms with Crippen molar-refractivity contribution in [3.05, 3.63) is 30.0 Å². The second-order valence-electron chi connectivity index (χ2n) is 4.92. The summed E-state index contributed by atoms with van der Waals surface area (Å²) >= 11 is 0. The second-order valence-corrected chi connectivity index (χ2v) is 4.92. The van der Waals surface area contributed by atoms with Crippen LogP contribution in [0.4, 0.5) is 0 Å². The molecule has 2 amide bonds. The molecule has 0 aliphatic rings. The second kappa shape index (κ2) is 7.34. The van der Waals surface area contributed by atoms with E-state index in [9.17, 15) is 9.59 Å². The van der Waals surface area contributed by atoms with Crippen molar-refractivity contribution in [2.75, 3.05) is 14.1 Å². The molecule has 2 heterocycles. The Hall–Kier alpha value is -2.71. The van der Waals surface area contributed by atoms with Crippen LogP contribution in [0.3, 0.4) is 0 Å². The number of carbonyl (C=O) groups excluding carboxylic acids is 2. The van der Waals surface area contributed by atoms with Gasteiger partial charge in [-0.05, 0) is 29.0 Å². The number of aryl methyl sites for hydroxylation is 1. The Bertz CT molecular complexity index is 620. The molecule has 0 atom stereocenters. The van der Waals surface area contributed by atoms with Crippen molar-refractivity contribution in [2.45, 2.75) is 25.9 Å². The van der Waals surface area contributed by atoms with E-state index in [0.717, 1.165) is 0 Å². The minimum atomic E-state index is -0.209. The largest absolute Gasteiger partial charge is 0.454 e. The van der Waals surface area contributed by atoms with E-state index in [1.54, 1.807) is 30.9 Å². The first-order valence-corrected chi connectivity index (χ1v) is 6.84. The monoisotopic (exact) mass is 306 g/mol. The molecule has 0 saturated carbocycles. The Morgan fingerprint density at radius 3 is 2.86 bits per heavy atom. The Kier molecular flexibility index (Phi) is 5.23. The van der Waals surface area contributed by atoms with E-state index in [1.165, 1.54) is 11.2 Å². The zero-order valence-corrected chi connectivity index (χ0v) is 12.5. The molecule has 0 unspecified atom stereocenters. The highest BCUT2D eigenvalue weighted by Gasteiger charge is 2.13. The number of nitrogens with one attached hydrogen (secondary N) is 1. The number of hydrogen-bond donors (Lipinski definition) is 1. The van der Waals surface area contributed by atoms with E-state index in [2.05, 4.69) is 20.8 Å². The fraction of sp³-hybridized carbons (Fsp3) is 0.462. The maximum absolute atomic E-state index is 11.7. The number of furan rings is 1. The summed E-state index contributed by atoms with van der Waals surface area (Å²) in [4.78, 5) is 24.8. The third-order valence-electron chi connectivity index (χ3n) is 2.92. The summed E-state index contributed by atoms with van der Waals surface area (Å²) in [5.74, 6) is 0.496. The van der Waals surface area contributed by atoms with E-state index in [0.29, 0.717) is 25.1 Å². The van der Waals surface area contributed by atoms with Gasteiger partial charge in [-0.3, -0.25) is 9.59 Å². The van der Waals surface area contributed by atoms with Crippen molar-refractivity contribution in [1.82, 2.24) is 30.4 Å². The van der Waals surface area contributed by atoms with Crippen LogP contribution in [0.5, 0.6) is 0 Å². The number of hydrogen-bond acceptors (Lipinski definition) is 6. The van der Waals surface area contributed by atoms with Gasteiger partial charge in [0.25, 0.3) is 5.91 Å². The first kappa shape index (κ1) is 15.7. The molecule has 2 rings (SSSR count). The average Bonchev–Trinajstić information content (AvgIpc) is 3.15. The summed E-state index contributed by atoms with van der Waals surface area (Å²) < 4.78 is 6.95. The lowest BCUT2D eigenvalue weighted by Gasteiger charge is -2.07. The smallest absolute Gasteiger partial charge is 0.289 e. The molecule has 118 valence electrons. The van der Waals surface area contributed by atoms with Gasteiger partial charge in [-0.25, -0.2) is 4.68 Å². The predicted molar refractivity (Wildman–Crippen MR) is 75.6 cm³/mol. The van der Waals surface area contributed by atoms with Crippen LogP contribution >= 0.6 is 0 Å². The molecule has 0 spiro atoms. The molecule has 1 N–H and O–H groups in total. The van der Waals surface area contributed by atoms with Crippen LogP contribution in [0.2, 0.25) is 0 Å². The standard InChI is InChI=1S/C13H18N6O3/c1-18(2)13(21)11-6-5-10(22-11)8-14-12(20)4-3-7-19-9-15-16-17-19/h5-6,9H,3-4,7-8H2,1-2H3,(H,14,20). The molecule has 0 bridgehead atoms. The molecule has 9 nitrogen and oxygen atoms in total. The molecule has 0 aliphatic heterocycles. The van der Waals surface area contributed by atoms with E-state index in [4.69, 9.17) is 4.42 Å². The van der Waals surface area contributed by atoms with E-state index < -0.39 is 0 Å². The SMILES string of the molecule is CN(C)C(=O)c1ccc(CNC(=O)CCCn2cnnn2)o1.